The Morgan fingerprint density at radius 1 is 1.41 bits per heavy atom. The third kappa shape index (κ3) is 6.37. The minimum atomic E-state index is -3.22. The lowest BCUT2D eigenvalue weighted by Gasteiger charge is -2.41. The van der Waals surface area contributed by atoms with Crippen molar-refractivity contribution in [3.63, 3.8) is 0 Å². The number of pyridine rings is 1. The number of aromatic nitrogens is 3. The van der Waals surface area contributed by atoms with Gasteiger partial charge in [0.15, 0.2) is 15.7 Å². The standard InChI is InChI=1S/C26H38ClN5O4S2Si/c1-6-19(38(5,34)35)13-16(2)23-22(27)21(7-10-29-23)37-25-17(3)30-24(20(14-33)31-25)32-11-8-26(9-12-32)15-36-18(4)39(26)28/h7,10,18-19,33,39H,2,6,8-9,11-15,28H2,1,3-5H3/t18-,19?,39-/m1/s1. The molecule has 2 aliphatic rings. The highest BCUT2D eigenvalue weighted by atomic mass is 35.5. The third-order valence-electron chi connectivity index (χ3n) is 8.06. The van der Waals surface area contributed by atoms with Crippen molar-refractivity contribution in [3.8, 4) is 0 Å². The second-order valence-corrected chi connectivity index (χ2v) is 17.6. The molecular formula is C26H38ClN5O4S2Si. The number of piperidine rings is 1. The van der Waals surface area contributed by atoms with Crippen molar-refractivity contribution in [2.45, 2.75) is 79.0 Å². The van der Waals surface area contributed by atoms with Crippen LogP contribution in [0, 0.1) is 6.92 Å². The van der Waals surface area contributed by atoms with Crippen LogP contribution in [0.25, 0.3) is 5.57 Å². The van der Waals surface area contributed by atoms with E-state index in [2.05, 4.69) is 23.4 Å². The molecule has 9 nitrogen and oxygen atoms in total. The van der Waals surface area contributed by atoms with E-state index in [9.17, 15) is 13.5 Å². The van der Waals surface area contributed by atoms with Gasteiger partial charge in [-0.3, -0.25) is 4.98 Å². The highest BCUT2D eigenvalue weighted by Gasteiger charge is 2.49. The van der Waals surface area contributed by atoms with Crippen molar-refractivity contribution >= 4 is 53.5 Å². The molecule has 0 amide bonds. The van der Waals surface area contributed by atoms with Crippen molar-refractivity contribution in [2.75, 3.05) is 30.9 Å². The zero-order valence-electron chi connectivity index (χ0n) is 23.0. The van der Waals surface area contributed by atoms with Gasteiger partial charge in [-0.2, -0.15) is 0 Å². The predicted octanol–water partition coefficient (Wildman–Crippen LogP) is 3.68. The Hall–Kier alpha value is -1.54. The normalized spacial score (nSPS) is 21.9. The largest absolute Gasteiger partial charge is 0.390 e. The quantitative estimate of drug-likeness (QED) is 0.405. The van der Waals surface area contributed by atoms with Gasteiger partial charge in [0.2, 0.25) is 0 Å². The summed E-state index contributed by atoms with van der Waals surface area (Å²) in [6, 6.07) is 1.78. The number of rotatable bonds is 9. The van der Waals surface area contributed by atoms with E-state index in [0.29, 0.717) is 44.1 Å². The van der Waals surface area contributed by atoms with E-state index in [-0.39, 0.29) is 23.8 Å². The van der Waals surface area contributed by atoms with E-state index in [1.54, 1.807) is 12.3 Å². The molecule has 3 N–H and O–H groups in total. The number of sulfone groups is 1. The number of ether oxygens (including phenoxy) is 1. The van der Waals surface area contributed by atoms with E-state index >= 15 is 0 Å². The molecule has 0 aromatic carbocycles. The maximum absolute atomic E-state index is 12.1. The summed E-state index contributed by atoms with van der Waals surface area (Å²) < 4.78 is 30.1. The fourth-order valence-corrected chi connectivity index (χ4v) is 10.3. The zero-order valence-corrected chi connectivity index (χ0v) is 26.5. The zero-order chi connectivity index (χ0) is 28.5. The van der Waals surface area contributed by atoms with E-state index in [4.69, 9.17) is 31.7 Å². The Morgan fingerprint density at radius 3 is 2.67 bits per heavy atom. The van der Waals surface area contributed by atoms with Gasteiger partial charge in [-0.25, -0.2) is 18.4 Å². The lowest BCUT2D eigenvalue weighted by Crippen LogP contribution is -2.50. The fourth-order valence-electron chi connectivity index (χ4n) is 5.44. The van der Waals surface area contributed by atoms with Crippen molar-refractivity contribution in [3.05, 3.63) is 40.9 Å². The van der Waals surface area contributed by atoms with Crippen LogP contribution in [0.15, 0.2) is 28.8 Å². The average molecular weight is 612 g/mol. The first-order valence-corrected chi connectivity index (χ1v) is 18.3. The number of aryl methyl sites for hydroxylation is 1. The van der Waals surface area contributed by atoms with Crippen LogP contribution >= 0.6 is 23.4 Å². The summed E-state index contributed by atoms with van der Waals surface area (Å²) in [6.45, 7) is 12.0. The molecule has 2 aliphatic heterocycles. The van der Waals surface area contributed by atoms with Gasteiger partial charge >= 0.3 is 0 Å². The fraction of sp³-hybridized carbons (Fsp3) is 0.577. The van der Waals surface area contributed by atoms with Gasteiger partial charge in [0.05, 0.1) is 40.6 Å². The van der Waals surface area contributed by atoms with Crippen molar-refractivity contribution < 1.29 is 18.3 Å². The van der Waals surface area contributed by atoms with E-state index in [1.165, 1.54) is 18.0 Å². The molecule has 3 atom stereocenters. The van der Waals surface area contributed by atoms with Gasteiger partial charge in [-0.1, -0.05) is 36.9 Å². The minimum Gasteiger partial charge on any atom is -0.390 e. The number of allylic oxidation sites excluding steroid dienone is 1. The van der Waals surface area contributed by atoms with E-state index in [0.717, 1.165) is 38.2 Å². The summed E-state index contributed by atoms with van der Waals surface area (Å²) in [5.74, 6) is 0.706. The van der Waals surface area contributed by atoms with Crippen LogP contribution in [0.5, 0.6) is 0 Å². The molecule has 0 saturated carbocycles. The Kier molecular flexibility index (Phi) is 9.46. The summed E-state index contributed by atoms with van der Waals surface area (Å²) in [5.41, 5.74) is 2.50. The van der Waals surface area contributed by atoms with Crippen LogP contribution in [-0.2, 0) is 21.2 Å². The molecule has 214 valence electrons. The number of hydrogen-bond donors (Lipinski definition) is 2. The van der Waals surface area contributed by atoms with Crippen LogP contribution in [0.2, 0.25) is 10.1 Å². The molecule has 0 aliphatic carbocycles. The second-order valence-electron chi connectivity index (χ2n) is 10.7. The van der Waals surface area contributed by atoms with Gasteiger partial charge in [-0.05, 0) is 51.2 Å². The van der Waals surface area contributed by atoms with Gasteiger partial charge in [0.1, 0.15) is 19.7 Å². The van der Waals surface area contributed by atoms with Crippen LogP contribution in [0.4, 0.5) is 5.82 Å². The van der Waals surface area contributed by atoms with Crippen molar-refractivity contribution in [2.24, 2.45) is 5.40 Å². The Balaban J connectivity index is 1.53. The average Bonchev–Trinajstić information content (AvgIpc) is 3.17. The van der Waals surface area contributed by atoms with Crippen LogP contribution in [-0.4, -0.2) is 74.4 Å². The van der Waals surface area contributed by atoms with Gasteiger partial charge in [0, 0.05) is 35.5 Å². The molecule has 2 aromatic heterocycles. The first kappa shape index (κ1) is 30.4. The summed E-state index contributed by atoms with van der Waals surface area (Å²) in [7, 11) is -4.71. The molecule has 4 rings (SSSR count). The highest BCUT2D eigenvalue weighted by Crippen LogP contribution is 2.47. The van der Waals surface area contributed by atoms with Crippen molar-refractivity contribution in [1.29, 1.82) is 0 Å². The predicted molar refractivity (Wildman–Crippen MR) is 160 cm³/mol. The summed E-state index contributed by atoms with van der Waals surface area (Å²) in [4.78, 5) is 16.9. The van der Waals surface area contributed by atoms with Crippen LogP contribution < -0.4 is 10.3 Å². The Bertz CT molecular complexity index is 1340. The molecular weight excluding hydrogens is 574 g/mol. The molecule has 0 radical (unpaired) electrons. The molecule has 4 heterocycles. The molecule has 1 spiro atoms. The number of halogens is 1. The maximum Gasteiger partial charge on any atom is 0.153 e. The molecule has 2 saturated heterocycles. The minimum absolute atomic E-state index is 0.131. The van der Waals surface area contributed by atoms with Gasteiger partial charge in [0.25, 0.3) is 0 Å². The summed E-state index contributed by atoms with van der Waals surface area (Å²) >= 11 is 8.08. The summed E-state index contributed by atoms with van der Waals surface area (Å²) in [5, 5.41) is 17.4. The maximum atomic E-state index is 12.1. The third-order valence-corrected chi connectivity index (χ3v) is 14.8. The first-order valence-electron chi connectivity index (χ1n) is 13.2. The smallest absolute Gasteiger partial charge is 0.153 e. The molecule has 39 heavy (non-hydrogen) atoms. The van der Waals surface area contributed by atoms with E-state index < -0.39 is 24.0 Å². The Labute approximate surface area is 242 Å². The van der Waals surface area contributed by atoms with Crippen LogP contribution in [0.3, 0.4) is 0 Å². The van der Waals surface area contributed by atoms with Gasteiger partial charge < -0.3 is 20.1 Å². The number of aliphatic hydroxyl groups excluding tert-OH is 1. The lowest BCUT2D eigenvalue weighted by atomic mass is 9.96. The van der Waals surface area contributed by atoms with E-state index in [1.807, 2.05) is 13.8 Å². The highest BCUT2D eigenvalue weighted by molar-refractivity contribution is 7.99. The molecule has 2 aromatic rings. The van der Waals surface area contributed by atoms with Crippen molar-refractivity contribution in [1.82, 2.24) is 15.0 Å². The number of nitrogens with zero attached hydrogens (tertiary/aromatic N) is 4. The SMILES string of the molecule is C=C(CC(CC)S(C)(=O)=O)c1nccc(Sc2nc(CO)c(N3CCC4(CC3)CO[C@@H](C)[Si@H]4N)nc2C)c1Cl. The molecule has 2 fully saturated rings. The number of nitrogens with two attached hydrogens (primary N) is 1. The monoisotopic (exact) mass is 611 g/mol. The molecule has 1 unspecified atom stereocenters. The topological polar surface area (TPSA) is 132 Å². The second kappa shape index (κ2) is 12.1. The number of hydrogen-bond acceptors (Lipinski definition) is 10. The summed E-state index contributed by atoms with van der Waals surface area (Å²) in [6.07, 6.45) is 5.53. The number of aliphatic hydroxyl groups is 1. The Morgan fingerprint density at radius 2 is 2.10 bits per heavy atom. The molecule has 13 heteroatoms. The molecule has 0 bridgehead atoms. The first-order chi connectivity index (χ1) is 18.4. The van der Waals surface area contributed by atoms with Crippen LogP contribution in [0.1, 0.15) is 56.6 Å². The lowest BCUT2D eigenvalue weighted by molar-refractivity contribution is 0.117. The van der Waals surface area contributed by atoms with Gasteiger partial charge in [-0.15, -0.1) is 0 Å². The number of anilines is 1.